The topological polar surface area (TPSA) is 34.9 Å². The van der Waals surface area contributed by atoms with Crippen LogP contribution in [-0.4, -0.2) is 9.55 Å². The van der Waals surface area contributed by atoms with Crippen molar-refractivity contribution in [3.63, 3.8) is 0 Å². The third-order valence-corrected chi connectivity index (χ3v) is 2.80. The number of benzene rings is 1. The Hall–Kier alpha value is -1.37. The maximum absolute atomic E-state index is 12.6. The van der Waals surface area contributed by atoms with Crippen molar-refractivity contribution in [3.8, 4) is 0 Å². The molecular formula is C10H6BrF3N2O. The summed E-state index contributed by atoms with van der Waals surface area (Å²) in [6, 6.07) is 4.54. The number of fused-ring (bicyclic) bond motifs is 1. The van der Waals surface area contributed by atoms with Crippen LogP contribution < -0.4 is 5.56 Å². The van der Waals surface area contributed by atoms with E-state index in [9.17, 15) is 18.0 Å². The van der Waals surface area contributed by atoms with E-state index in [0.29, 0.717) is 9.99 Å². The standard InChI is InChI=1S/C10H6BrF3N2O/c1-16-7-4-5(11)2-3-6(7)15-8(9(16)17)10(12,13)14/h2-4H,1H3. The molecule has 90 valence electrons. The molecule has 7 heteroatoms. The Morgan fingerprint density at radius 3 is 2.59 bits per heavy atom. The normalized spacial score (nSPS) is 12.1. The van der Waals surface area contributed by atoms with Gasteiger partial charge in [-0.15, -0.1) is 0 Å². The van der Waals surface area contributed by atoms with Gasteiger partial charge < -0.3 is 4.57 Å². The fraction of sp³-hybridized carbons (Fsp3) is 0.200. The first-order valence-electron chi connectivity index (χ1n) is 4.54. The number of hydrogen-bond acceptors (Lipinski definition) is 2. The monoisotopic (exact) mass is 306 g/mol. The van der Waals surface area contributed by atoms with Gasteiger partial charge in [-0.25, -0.2) is 4.98 Å². The largest absolute Gasteiger partial charge is 0.438 e. The summed E-state index contributed by atoms with van der Waals surface area (Å²) in [6.45, 7) is 0. The molecule has 0 aliphatic rings. The van der Waals surface area contributed by atoms with E-state index in [1.165, 1.54) is 13.1 Å². The third kappa shape index (κ3) is 2.06. The number of rotatable bonds is 0. The third-order valence-electron chi connectivity index (χ3n) is 2.31. The first kappa shape index (κ1) is 12.1. The number of aromatic nitrogens is 2. The van der Waals surface area contributed by atoms with Gasteiger partial charge in [-0.2, -0.15) is 13.2 Å². The minimum absolute atomic E-state index is 0.127. The van der Waals surface area contributed by atoms with Gasteiger partial charge in [0.1, 0.15) is 0 Å². The summed E-state index contributed by atoms with van der Waals surface area (Å²) in [6.07, 6.45) is -4.74. The van der Waals surface area contributed by atoms with Gasteiger partial charge >= 0.3 is 6.18 Å². The zero-order valence-corrected chi connectivity index (χ0v) is 10.1. The van der Waals surface area contributed by atoms with Crippen molar-refractivity contribution in [1.82, 2.24) is 9.55 Å². The molecule has 0 bridgehead atoms. The Labute approximate surface area is 102 Å². The fourth-order valence-corrected chi connectivity index (χ4v) is 1.83. The molecule has 0 N–H and O–H groups in total. The highest BCUT2D eigenvalue weighted by Crippen LogP contribution is 2.26. The van der Waals surface area contributed by atoms with E-state index in [1.807, 2.05) is 0 Å². The van der Waals surface area contributed by atoms with Gasteiger partial charge in [-0.1, -0.05) is 15.9 Å². The quantitative estimate of drug-likeness (QED) is 0.750. The van der Waals surface area contributed by atoms with Crippen LogP contribution in [0, 0.1) is 0 Å². The molecule has 0 aliphatic carbocycles. The summed E-state index contributed by atoms with van der Waals surface area (Å²) in [7, 11) is 1.29. The SMILES string of the molecule is Cn1c(=O)c(C(F)(F)F)nc2ccc(Br)cc21. The van der Waals surface area contributed by atoms with Gasteiger partial charge in [0.15, 0.2) is 0 Å². The lowest BCUT2D eigenvalue weighted by molar-refractivity contribution is -0.142. The van der Waals surface area contributed by atoms with Crippen LogP contribution in [0.3, 0.4) is 0 Å². The summed E-state index contributed by atoms with van der Waals surface area (Å²) < 4.78 is 39.3. The van der Waals surface area contributed by atoms with Crippen LogP contribution in [0.25, 0.3) is 11.0 Å². The van der Waals surface area contributed by atoms with Crippen molar-refractivity contribution < 1.29 is 13.2 Å². The van der Waals surface area contributed by atoms with Crippen LogP contribution in [0.1, 0.15) is 5.69 Å². The van der Waals surface area contributed by atoms with Crippen molar-refractivity contribution in [2.45, 2.75) is 6.18 Å². The van der Waals surface area contributed by atoms with Crippen molar-refractivity contribution in [2.75, 3.05) is 0 Å². The van der Waals surface area contributed by atoms with Crippen LogP contribution >= 0.6 is 15.9 Å². The highest BCUT2D eigenvalue weighted by molar-refractivity contribution is 9.10. The van der Waals surface area contributed by atoms with E-state index in [-0.39, 0.29) is 5.52 Å². The Balaban J connectivity index is 2.90. The van der Waals surface area contributed by atoms with Crippen molar-refractivity contribution in [2.24, 2.45) is 7.05 Å². The van der Waals surface area contributed by atoms with Crippen LogP contribution in [-0.2, 0) is 13.2 Å². The fourth-order valence-electron chi connectivity index (χ4n) is 1.48. The molecule has 0 unspecified atom stereocenters. The van der Waals surface area contributed by atoms with Crippen molar-refractivity contribution >= 4 is 27.0 Å². The molecule has 1 heterocycles. The lowest BCUT2D eigenvalue weighted by atomic mass is 10.3. The van der Waals surface area contributed by atoms with Crippen molar-refractivity contribution in [1.29, 1.82) is 0 Å². The molecule has 2 aromatic rings. The average molecular weight is 307 g/mol. The molecule has 0 amide bonds. The molecule has 17 heavy (non-hydrogen) atoms. The first-order chi connectivity index (χ1) is 7.80. The molecule has 2 rings (SSSR count). The second kappa shape index (κ2) is 3.83. The summed E-state index contributed by atoms with van der Waals surface area (Å²) in [4.78, 5) is 14.9. The van der Waals surface area contributed by atoms with E-state index >= 15 is 0 Å². The first-order valence-corrected chi connectivity index (χ1v) is 5.33. The molecule has 1 aromatic heterocycles. The van der Waals surface area contributed by atoms with E-state index in [2.05, 4.69) is 20.9 Å². The number of aryl methyl sites for hydroxylation is 1. The van der Waals surface area contributed by atoms with E-state index in [4.69, 9.17) is 0 Å². The van der Waals surface area contributed by atoms with E-state index < -0.39 is 17.4 Å². The second-order valence-electron chi connectivity index (χ2n) is 3.46. The van der Waals surface area contributed by atoms with Gasteiger partial charge in [-0.05, 0) is 18.2 Å². The number of halogens is 4. The van der Waals surface area contributed by atoms with Crippen LogP contribution in [0.2, 0.25) is 0 Å². The lowest BCUT2D eigenvalue weighted by Gasteiger charge is -2.10. The van der Waals surface area contributed by atoms with Crippen molar-refractivity contribution in [3.05, 3.63) is 38.7 Å². The predicted octanol–water partition coefficient (Wildman–Crippen LogP) is 2.71. The molecule has 0 fully saturated rings. The second-order valence-corrected chi connectivity index (χ2v) is 4.37. The summed E-state index contributed by atoms with van der Waals surface area (Å²) >= 11 is 3.18. The number of hydrogen-bond donors (Lipinski definition) is 0. The van der Waals surface area contributed by atoms with Gasteiger partial charge in [0.25, 0.3) is 5.56 Å². The molecule has 1 aromatic carbocycles. The summed E-state index contributed by atoms with van der Waals surface area (Å²) in [5.41, 5.74) is -2.07. The predicted molar refractivity (Wildman–Crippen MR) is 59.7 cm³/mol. The zero-order valence-electron chi connectivity index (χ0n) is 8.55. The lowest BCUT2D eigenvalue weighted by Crippen LogP contribution is -2.29. The number of nitrogens with zero attached hydrogens (tertiary/aromatic N) is 2. The van der Waals surface area contributed by atoms with Crippen LogP contribution in [0.15, 0.2) is 27.5 Å². The minimum Gasteiger partial charge on any atom is -0.308 e. The molecule has 0 radical (unpaired) electrons. The highest BCUT2D eigenvalue weighted by Gasteiger charge is 2.36. The maximum atomic E-state index is 12.6. The zero-order chi connectivity index (χ0) is 12.8. The van der Waals surface area contributed by atoms with Gasteiger partial charge in [0.2, 0.25) is 5.69 Å². The average Bonchev–Trinajstić information content (AvgIpc) is 2.22. The van der Waals surface area contributed by atoms with Crippen LogP contribution in [0.4, 0.5) is 13.2 Å². The maximum Gasteiger partial charge on any atom is 0.438 e. The highest BCUT2D eigenvalue weighted by atomic mass is 79.9. The van der Waals surface area contributed by atoms with E-state index in [1.54, 1.807) is 12.1 Å². The minimum atomic E-state index is -4.74. The summed E-state index contributed by atoms with van der Waals surface area (Å²) in [5.74, 6) is 0. The van der Waals surface area contributed by atoms with Crippen LogP contribution in [0.5, 0.6) is 0 Å². The molecular weight excluding hydrogens is 301 g/mol. The smallest absolute Gasteiger partial charge is 0.308 e. The number of alkyl halides is 3. The summed E-state index contributed by atoms with van der Waals surface area (Å²) in [5, 5.41) is 0. The molecule has 0 atom stereocenters. The van der Waals surface area contributed by atoms with Gasteiger partial charge in [0, 0.05) is 11.5 Å². The molecule has 0 saturated heterocycles. The Morgan fingerprint density at radius 1 is 1.35 bits per heavy atom. The Morgan fingerprint density at radius 2 is 2.00 bits per heavy atom. The van der Waals surface area contributed by atoms with Gasteiger partial charge in [0.05, 0.1) is 11.0 Å². The van der Waals surface area contributed by atoms with E-state index in [0.717, 1.165) is 4.57 Å². The Kier molecular flexibility index (Phi) is 2.73. The molecule has 0 saturated carbocycles. The Bertz CT molecular complexity index is 648. The van der Waals surface area contributed by atoms with Gasteiger partial charge in [-0.3, -0.25) is 4.79 Å². The molecule has 0 aliphatic heterocycles. The molecule has 3 nitrogen and oxygen atoms in total. The molecule has 0 spiro atoms.